The molecular formula is C14H24ClN3O2. The van der Waals surface area contributed by atoms with Crippen LogP contribution in [-0.2, 0) is 6.54 Å². The van der Waals surface area contributed by atoms with Gasteiger partial charge in [-0.3, -0.25) is 0 Å². The minimum atomic E-state index is -0.233. The number of hydrogen-bond acceptors (Lipinski definition) is 5. The molecule has 0 spiro atoms. The van der Waals surface area contributed by atoms with Crippen LogP contribution in [0.5, 0.6) is 5.88 Å². The van der Waals surface area contributed by atoms with Crippen LogP contribution >= 0.6 is 12.4 Å². The fourth-order valence-electron chi connectivity index (χ4n) is 2.50. The highest BCUT2D eigenvalue weighted by molar-refractivity contribution is 5.85. The monoisotopic (exact) mass is 301 g/mol. The first kappa shape index (κ1) is 17.2. The molecule has 1 aliphatic rings. The standard InChI is InChI=1S/C14H23N3O2.ClH/c1-9-4-14(19-3)17-10(2)12(9)7-15-5-11-6-16-8-13(11)18;/h4,11,13,15-16,18H,5-8H2,1-3H3;1H. The van der Waals surface area contributed by atoms with Crippen LogP contribution in [0.1, 0.15) is 16.8 Å². The first-order chi connectivity index (χ1) is 9.11. The van der Waals surface area contributed by atoms with Crippen molar-refractivity contribution in [2.75, 3.05) is 26.7 Å². The third-order valence-electron chi connectivity index (χ3n) is 3.75. The zero-order valence-electron chi connectivity index (χ0n) is 12.3. The zero-order valence-corrected chi connectivity index (χ0v) is 13.1. The van der Waals surface area contributed by atoms with Crippen LogP contribution in [0.2, 0.25) is 0 Å². The number of aliphatic hydroxyl groups is 1. The van der Waals surface area contributed by atoms with Crippen LogP contribution in [0.3, 0.4) is 0 Å². The number of aromatic nitrogens is 1. The molecule has 1 saturated heterocycles. The summed E-state index contributed by atoms with van der Waals surface area (Å²) in [5.41, 5.74) is 3.39. The molecule has 0 aliphatic carbocycles. The van der Waals surface area contributed by atoms with E-state index in [-0.39, 0.29) is 18.5 Å². The van der Waals surface area contributed by atoms with Gasteiger partial charge in [-0.25, -0.2) is 4.98 Å². The molecule has 1 aromatic rings. The van der Waals surface area contributed by atoms with Crippen molar-refractivity contribution in [3.63, 3.8) is 0 Å². The molecule has 20 heavy (non-hydrogen) atoms. The van der Waals surface area contributed by atoms with Gasteiger partial charge < -0.3 is 20.5 Å². The Balaban J connectivity index is 0.00000200. The van der Waals surface area contributed by atoms with Crippen molar-refractivity contribution in [2.24, 2.45) is 5.92 Å². The largest absolute Gasteiger partial charge is 0.481 e. The Labute approximate surface area is 126 Å². The van der Waals surface area contributed by atoms with E-state index in [9.17, 15) is 5.11 Å². The lowest BCUT2D eigenvalue weighted by molar-refractivity contribution is 0.146. The van der Waals surface area contributed by atoms with Gasteiger partial charge >= 0.3 is 0 Å². The van der Waals surface area contributed by atoms with E-state index in [1.807, 2.05) is 13.0 Å². The smallest absolute Gasteiger partial charge is 0.213 e. The van der Waals surface area contributed by atoms with Gasteiger partial charge in [0, 0.05) is 43.9 Å². The molecule has 3 N–H and O–H groups in total. The maximum Gasteiger partial charge on any atom is 0.213 e. The number of hydrogen-bond donors (Lipinski definition) is 3. The van der Waals surface area contributed by atoms with Crippen LogP contribution in [-0.4, -0.2) is 42.9 Å². The van der Waals surface area contributed by atoms with E-state index in [1.54, 1.807) is 7.11 Å². The van der Waals surface area contributed by atoms with Crippen molar-refractivity contribution in [1.82, 2.24) is 15.6 Å². The minimum Gasteiger partial charge on any atom is -0.481 e. The van der Waals surface area contributed by atoms with E-state index in [1.165, 1.54) is 11.1 Å². The number of halogens is 1. The molecule has 2 heterocycles. The number of β-amino-alcohol motifs (C(OH)–C–C–N with tert-alkyl or cyclic N) is 1. The van der Waals surface area contributed by atoms with E-state index in [4.69, 9.17) is 4.74 Å². The maximum absolute atomic E-state index is 9.73. The lowest BCUT2D eigenvalue weighted by Crippen LogP contribution is -2.30. The Morgan fingerprint density at radius 1 is 1.45 bits per heavy atom. The highest BCUT2D eigenvalue weighted by atomic mass is 35.5. The topological polar surface area (TPSA) is 66.4 Å². The minimum absolute atomic E-state index is 0. The van der Waals surface area contributed by atoms with E-state index in [0.29, 0.717) is 18.3 Å². The molecule has 1 aliphatic heterocycles. The number of nitrogens with one attached hydrogen (secondary N) is 2. The van der Waals surface area contributed by atoms with Gasteiger partial charge in [-0.2, -0.15) is 0 Å². The number of ether oxygens (including phenoxy) is 1. The SMILES string of the molecule is COc1cc(C)c(CNCC2CNCC2O)c(C)n1.Cl. The van der Waals surface area contributed by atoms with Gasteiger partial charge in [0.2, 0.25) is 5.88 Å². The zero-order chi connectivity index (χ0) is 13.8. The van der Waals surface area contributed by atoms with Gasteiger partial charge in [-0.1, -0.05) is 0 Å². The molecular weight excluding hydrogens is 278 g/mol. The van der Waals surface area contributed by atoms with Gasteiger partial charge in [0.15, 0.2) is 0 Å². The Bertz CT molecular complexity index is 419. The van der Waals surface area contributed by atoms with E-state index in [2.05, 4.69) is 22.5 Å². The molecule has 6 heteroatoms. The summed E-state index contributed by atoms with van der Waals surface area (Å²) < 4.78 is 5.16. The fourth-order valence-corrected chi connectivity index (χ4v) is 2.50. The Morgan fingerprint density at radius 2 is 2.20 bits per heavy atom. The number of pyridine rings is 1. The lowest BCUT2D eigenvalue weighted by atomic mass is 10.1. The number of aryl methyl sites for hydroxylation is 2. The molecule has 2 unspecified atom stereocenters. The van der Waals surface area contributed by atoms with Crippen molar-refractivity contribution < 1.29 is 9.84 Å². The summed E-state index contributed by atoms with van der Waals surface area (Å²) in [6.07, 6.45) is -0.233. The predicted octanol–water partition coefficient (Wildman–Crippen LogP) is 0.799. The van der Waals surface area contributed by atoms with Gasteiger partial charge in [0.25, 0.3) is 0 Å². The summed E-state index contributed by atoms with van der Waals surface area (Å²) in [4.78, 5) is 4.39. The van der Waals surface area contributed by atoms with Crippen molar-refractivity contribution in [2.45, 2.75) is 26.5 Å². The van der Waals surface area contributed by atoms with Crippen LogP contribution in [0.25, 0.3) is 0 Å². The Hall–Kier alpha value is -0.880. The van der Waals surface area contributed by atoms with Crippen LogP contribution < -0.4 is 15.4 Å². The average Bonchev–Trinajstić information content (AvgIpc) is 2.78. The Morgan fingerprint density at radius 3 is 2.75 bits per heavy atom. The molecule has 1 aromatic heterocycles. The number of rotatable bonds is 5. The van der Waals surface area contributed by atoms with E-state index < -0.39 is 0 Å². The highest BCUT2D eigenvalue weighted by Gasteiger charge is 2.24. The van der Waals surface area contributed by atoms with Crippen molar-refractivity contribution in [3.8, 4) is 5.88 Å². The first-order valence-corrected chi connectivity index (χ1v) is 6.72. The molecule has 2 rings (SSSR count). The molecule has 0 bridgehead atoms. The summed E-state index contributed by atoms with van der Waals surface area (Å²) in [7, 11) is 1.63. The number of nitrogens with zero attached hydrogens (tertiary/aromatic N) is 1. The van der Waals surface area contributed by atoms with Gasteiger partial charge in [-0.05, 0) is 25.0 Å². The molecule has 0 saturated carbocycles. The van der Waals surface area contributed by atoms with Crippen molar-refractivity contribution in [1.29, 1.82) is 0 Å². The lowest BCUT2D eigenvalue weighted by Gasteiger charge is -2.16. The predicted molar refractivity (Wildman–Crippen MR) is 81.6 cm³/mol. The first-order valence-electron chi connectivity index (χ1n) is 6.72. The van der Waals surface area contributed by atoms with Crippen LogP contribution in [0.15, 0.2) is 6.07 Å². The summed E-state index contributed by atoms with van der Waals surface area (Å²) in [5.74, 6) is 0.959. The van der Waals surface area contributed by atoms with E-state index >= 15 is 0 Å². The number of aliphatic hydroxyl groups excluding tert-OH is 1. The second kappa shape index (κ2) is 7.78. The number of methoxy groups -OCH3 is 1. The van der Waals surface area contributed by atoms with Gasteiger partial charge in [-0.15, -0.1) is 12.4 Å². The van der Waals surface area contributed by atoms with Crippen molar-refractivity contribution >= 4 is 12.4 Å². The van der Waals surface area contributed by atoms with E-state index in [0.717, 1.165) is 25.3 Å². The van der Waals surface area contributed by atoms with Crippen LogP contribution in [0, 0.1) is 19.8 Å². The highest BCUT2D eigenvalue weighted by Crippen LogP contribution is 2.17. The fraction of sp³-hybridized carbons (Fsp3) is 0.643. The third-order valence-corrected chi connectivity index (χ3v) is 3.75. The molecule has 1 fully saturated rings. The summed E-state index contributed by atoms with van der Waals surface area (Å²) in [5, 5.41) is 16.3. The Kier molecular flexibility index (Phi) is 6.68. The van der Waals surface area contributed by atoms with Gasteiger partial charge in [0.05, 0.1) is 13.2 Å². The third kappa shape index (κ3) is 4.06. The van der Waals surface area contributed by atoms with Crippen LogP contribution in [0.4, 0.5) is 0 Å². The second-order valence-electron chi connectivity index (χ2n) is 5.16. The molecule has 0 aromatic carbocycles. The average molecular weight is 302 g/mol. The molecule has 114 valence electrons. The second-order valence-corrected chi connectivity index (χ2v) is 5.16. The molecule has 5 nitrogen and oxygen atoms in total. The maximum atomic E-state index is 9.73. The van der Waals surface area contributed by atoms with Crippen molar-refractivity contribution in [3.05, 3.63) is 22.9 Å². The van der Waals surface area contributed by atoms with Gasteiger partial charge in [0.1, 0.15) is 0 Å². The summed E-state index contributed by atoms with van der Waals surface area (Å²) in [6, 6.07) is 1.95. The molecule has 0 radical (unpaired) electrons. The normalized spacial score (nSPS) is 21.6. The quantitative estimate of drug-likeness (QED) is 0.751. The molecule has 2 atom stereocenters. The molecule has 0 amide bonds. The summed E-state index contributed by atoms with van der Waals surface area (Å²) >= 11 is 0. The summed E-state index contributed by atoms with van der Waals surface area (Å²) in [6.45, 7) is 7.25.